The number of hydrogen-bond acceptors (Lipinski definition) is 3. The van der Waals surface area contributed by atoms with E-state index in [2.05, 4.69) is 22.3 Å². The van der Waals surface area contributed by atoms with E-state index in [1.165, 1.54) is 12.8 Å². The SMILES string of the molecule is CC(CC1CCCN1)NC(C)c1ccccc1OC(F)F. The molecule has 1 aliphatic rings. The van der Waals surface area contributed by atoms with Gasteiger partial charge in [-0.2, -0.15) is 8.78 Å². The molecule has 118 valence electrons. The minimum atomic E-state index is -2.79. The van der Waals surface area contributed by atoms with Gasteiger partial charge >= 0.3 is 6.61 Å². The van der Waals surface area contributed by atoms with E-state index in [0.29, 0.717) is 12.1 Å². The molecular formula is C16H24F2N2O. The Balaban J connectivity index is 1.94. The van der Waals surface area contributed by atoms with Crippen LogP contribution < -0.4 is 15.4 Å². The van der Waals surface area contributed by atoms with Gasteiger partial charge in [0.15, 0.2) is 0 Å². The predicted molar refractivity (Wildman–Crippen MR) is 79.7 cm³/mol. The molecule has 0 aliphatic carbocycles. The van der Waals surface area contributed by atoms with Gasteiger partial charge in [-0.05, 0) is 45.7 Å². The largest absolute Gasteiger partial charge is 0.434 e. The number of alkyl halides is 2. The number of para-hydroxylation sites is 1. The van der Waals surface area contributed by atoms with E-state index in [1.54, 1.807) is 12.1 Å². The number of rotatable bonds is 7. The van der Waals surface area contributed by atoms with Gasteiger partial charge in [0.2, 0.25) is 0 Å². The summed E-state index contributed by atoms with van der Waals surface area (Å²) in [4.78, 5) is 0. The summed E-state index contributed by atoms with van der Waals surface area (Å²) < 4.78 is 29.5. The summed E-state index contributed by atoms with van der Waals surface area (Å²) in [6, 6.07) is 7.81. The highest BCUT2D eigenvalue weighted by atomic mass is 19.3. The van der Waals surface area contributed by atoms with Gasteiger partial charge in [-0.15, -0.1) is 0 Å². The summed E-state index contributed by atoms with van der Waals surface area (Å²) in [5, 5.41) is 6.95. The van der Waals surface area contributed by atoms with E-state index in [-0.39, 0.29) is 11.8 Å². The van der Waals surface area contributed by atoms with Crippen LogP contribution in [0, 0.1) is 0 Å². The van der Waals surface area contributed by atoms with Crippen LogP contribution in [0.5, 0.6) is 5.75 Å². The van der Waals surface area contributed by atoms with Gasteiger partial charge in [0.1, 0.15) is 5.75 Å². The van der Waals surface area contributed by atoms with Gasteiger partial charge in [0.25, 0.3) is 0 Å². The third-order valence-corrected chi connectivity index (χ3v) is 3.94. The fourth-order valence-electron chi connectivity index (χ4n) is 3.01. The van der Waals surface area contributed by atoms with Crippen LogP contribution in [-0.4, -0.2) is 25.2 Å². The Bertz CT molecular complexity index is 436. The summed E-state index contributed by atoms with van der Waals surface area (Å²) in [5.74, 6) is 0.249. The fourth-order valence-corrected chi connectivity index (χ4v) is 3.01. The molecule has 0 bridgehead atoms. The van der Waals surface area contributed by atoms with Crippen LogP contribution in [0.2, 0.25) is 0 Å². The second kappa shape index (κ2) is 7.71. The summed E-state index contributed by atoms with van der Waals surface area (Å²) >= 11 is 0. The first-order valence-corrected chi connectivity index (χ1v) is 7.59. The first kappa shape index (κ1) is 16.2. The Labute approximate surface area is 125 Å². The lowest BCUT2D eigenvalue weighted by molar-refractivity contribution is -0.0506. The average Bonchev–Trinajstić information content (AvgIpc) is 2.91. The van der Waals surface area contributed by atoms with Crippen molar-refractivity contribution in [2.45, 2.75) is 57.8 Å². The van der Waals surface area contributed by atoms with Crippen molar-refractivity contribution >= 4 is 0 Å². The van der Waals surface area contributed by atoms with Crippen molar-refractivity contribution in [3.05, 3.63) is 29.8 Å². The zero-order valence-corrected chi connectivity index (χ0v) is 12.6. The van der Waals surface area contributed by atoms with Crippen LogP contribution in [0.15, 0.2) is 24.3 Å². The molecule has 0 amide bonds. The molecule has 2 rings (SSSR count). The Morgan fingerprint density at radius 2 is 2.10 bits per heavy atom. The zero-order valence-electron chi connectivity index (χ0n) is 12.6. The fraction of sp³-hybridized carbons (Fsp3) is 0.625. The van der Waals surface area contributed by atoms with Gasteiger partial charge in [0, 0.05) is 23.7 Å². The maximum Gasteiger partial charge on any atom is 0.387 e. The number of hydrogen-bond donors (Lipinski definition) is 2. The van der Waals surface area contributed by atoms with Crippen molar-refractivity contribution in [1.29, 1.82) is 0 Å². The smallest absolute Gasteiger partial charge is 0.387 e. The van der Waals surface area contributed by atoms with Crippen LogP contribution in [0.25, 0.3) is 0 Å². The average molecular weight is 298 g/mol. The van der Waals surface area contributed by atoms with Gasteiger partial charge in [-0.1, -0.05) is 18.2 Å². The van der Waals surface area contributed by atoms with Gasteiger partial charge in [-0.25, -0.2) is 0 Å². The van der Waals surface area contributed by atoms with Crippen LogP contribution >= 0.6 is 0 Å². The maximum atomic E-state index is 12.4. The lowest BCUT2D eigenvalue weighted by atomic mass is 10.0. The lowest BCUT2D eigenvalue weighted by Gasteiger charge is -2.24. The normalized spacial score (nSPS) is 21.5. The summed E-state index contributed by atoms with van der Waals surface area (Å²) in [6.07, 6.45) is 3.49. The number of halogens is 2. The van der Waals surface area contributed by atoms with Crippen molar-refractivity contribution < 1.29 is 13.5 Å². The molecule has 3 unspecified atom stereocenters. The molecule has 0 radical (unpaired) electrons. The second-order valence-corrected chi connectivity index (χ2v) is 5.73. The molecule has 3 nitrogen and oxygen atoms in total. The first-order valence-electron chi connectivity index (χ1n) is 7.59. The molecule has 3 atom stereocenters. The highest BCUT2D eigenvalue weighted by Crippen LogP contribution is 2.27. The Morgan fingerprint density at radius 1 is 1.33 bits per heavy atom. The van der Waals surface area contributed by atoms with E-state index >= 15 is 0 Å². The van der Waals surface area contributed by atoms with E-state index in [0.717, 1.165) is 18.5 Å². The Kier molecular flexibility index (Phi) is 5.94. The highest BCUT2D eigenvalue weighted by Gasteiger charge is 2.20. The van der Waals surface area contributed by atoms with E-state index in [1.807, 2.05) is 19.1 Å². The number of nitrogens with one attached hydrogen (secondary N) is 2. The number of benzene rings is 1. The third-order valence-electron chi connectivity index (χ3n) is 3.94. The molecule has 1 aromatic rings. The molecule has 1 aromatic carbocycles. The monoisotopic (exact) mass is 298 g/mol. The molecule has 1 fully saturated rings. The molecule has 2 N–H and O–H groups in total. The van der Waals surface area contributed by atoms with Crippen molar-refractivity contribution in [2.75, 3.05) is 6.54 Å². The predicted octanol–water partition coefficient (Wildman–Crippen LogP) is 3.47. The number of ether oxygens (including phenoxy) is 1. The summed E-state index contributed by atoms with van der Waals surface area (Å²) in [7, 11) is 0. The minimum Gasteiger partial charge on any atom is -0.434 e. The van der Waals surface area contributed by atoms with Gasteiger partial charge < -0.3 is 15.4 Å². The summed E-state index contributed by atoms with van der Waals surface area (Å²) in [5.41, 5.74) is 0.768. The Hall–Kier alpha value is -1.20. The molecule has 0 saturated carbocycles. The Morgan fingerprint density at radius 3 is 2.76 bits per heavy atom. The van der Waals surface area contributed by atoms with E-state index in [4.69, 9.17) is 0 Å². The molecule has 0 spiro atoms. The van der Waals surface area contributed by atoms with Crippen molar-refractivity contribution in [1.82, 2.24) is 10.6 Å². The van der Waals surface area contributed by atoms with Crippen LogP contribution in [0.1, 0.15) is 44.7 Å². The van der Waals surface area contributed by atoms with Gasteiger partial charge in [-0.3, -0.25) is 0 Å². The molecular weight excluding hydrogens is 274 g/mol. The molecule has 1 saturated heterocycles. The van der Waals surface area contributed by atoms with Crippen molar-refractivity contribution in [2.24, 2.45) is 0 Å². The molecule has 1 aliphatic heterocycles. The zero-order chi connectivity index (χ0) is 15.2. The first-order chi connectivity index (χ1) is 10.1. The van der Waals surface area contributed by atoms with Gasteiger partial charge in [0.05, 0.1) is 0 Å². The quantitative estimate of drug-likeness (QED) is 0.808. The van der Waals surface area contributed by atoms with Crippen LogP contribution in [0.3, 0.4) is 0 Å². The van der Waals surface area contributed by atoms with Crippen molar-refractivity contribution in [3.63, 3.8) is 0 Å². The highest BCUT2D eigenvalue weighted by molar-refractivity contribution is 5.35. The molecule has 0 aromatic heterocycles. The lowest BCUT2D eigenvalue weighted by Crippen LogP contribution is -2.35. The minimum absolute atomic E-state index is 0.0312. The van der Waals surface area contributed by atoms with Crippen LogP contribution in [-0.2, 0) is 0 Å². The third kappa shape index (κ3) is 4.93. The molecule has 5 heteroatoms. The summed E-state index contributed by atoms with van der Waals surface area (Å²) in [6.45, 7) is 2.41. The maximum absolute atomic E-state index is 12.4. The van der Waals surface area contributed by atoms with E-state index < -0.39 is 6.61 Å². The van der Waals surface area contributed by atoms with Crippen molar-refractivity contribution in [3.8, 4) is 5.75 Å². The standard InChI is InChI=1S/C16H24F2N2O/c1-11(10-13-6-5-9-19-13)20-12(2)14-7-3-4-8-15(14)21-16(17)18/h3-4,7-8,11-13,16,19-20H,5-6,9-10H2,1-2H3. The van der Waals surface area contributed by atoms with E-state index in [9.17, 15) is 8.78 Å². The topological polar surface area (TPSA) is 33.3 Å². The second-order valence-electron chi connectivity index (χ2n) is 5.73. The molecule has 1 heterocycles. The van der Waals surface area contributed by atoms with Crippen LogP contribution in [0.4, 0.5) is 8.78 Å². The molecule has 21 heavy (non-hydrogen) atoms.